The van der Waals surface area contributed by atoms with Gasteiger partial charge in [-0.15, -0.1) is 0 Å². The van der Waals surface area contributed by atoms with Crippen LogP contribution in [0.2, 0.25) is 0 Å². The van der Waals surface area contributed by atoms with Crippen molar-refractivity contribution < 1.29 is 14.3 Å². The lowest BCUT2D eigenvalue weighted by atomic mass is 9.86. The summed E-state index contributed by atoms with van der Waals surface area (Å²) in [7, 11) is 0. The summed E-state index contributed by atoms with van der Waals surface area (Å²) in [6, 6.07) is 0. The SMILES string of the molecule is CCCCCCOCCC1CCCC1(N)C(=O)OCC. The van der Waals surface area contributed by atoms with Crippen LogP contribution in [-0.4, -0.2) is 31.3 Å². The smallest absolute Gasteiger partial charge is 0.326 e. The van der Waals surface area contributed by atoms with Crippen molar-refractivity contribution in [1.82, 2.24) is 0 Å². The lowest BCUT2D eigenvalue weighted by Gasteiger charge is -2.28. The van der Waals surface area contributed by atoms with Gasteiger partial charge in [-0.3, -0.25) is 4.79 Å². The van der Waals surface area contributed by atoms with Gasteiger partial charge in [-0.2, -0.15) is 0 Å². The number of carbonyl (C=O) groups excluding carboxylic acids is 1. The summed E-state index contributed by atoms with van der Waals surface area (Å²) < 4.78 is 10.8. The molecule has 2 unspecified atom stereocenters. The average molecular weight is 285 g/mol. The monoisotopic (exact) mass is 285 g/mol. The van der Waals surface area contributed by atoms with E-state index in [9.17, 15) is 4.79 Å². The maximum absolute atomic E-state index is 12.0. The van der Waals surface area contributed by atoms with Crippen LogP contribution in [0.15, 0.2) is 0 Å². The Balaban J connectivity index is 2.23. The topological polar surface area (TPSA) is 61.5 Å². The molecule has 0 aromatic carbocycles. The van der Waals surface area contributed by atoms with Crippen LogP contribution in [-0.2, 0) is 14.3 Å². The highest BCUT2D eigenvalue weighted by Crippen LogP contribution is 2.37. The Bertz CT molecular complexity index is 283. The molecule has 0 saturated heterocycles. The molecule has 0 spiro atoms. The fourth-order valence-electron chi connectivity index (χ4n) is 3.00. The van der Waals surface area contributed by atoms with Gasteiger partial charge < -0.3 is 15.2 Å². The van der Waals surface area contributed by atoms with Gasteiger partial charge in [0.25, 0.3) is 0 Å². The highest BCUT2D eigenvalue weighted by Gasteiger charge is 2.46. The van der Waals surface area contributed by atoms with E-state index in [0.29, 0.717) is 13.2 Å². The van der Waals surface area contributed by atoms with E-state index >= 15 is 0 Å². The van der Waals surface area contributed by atoms with Gasteiger partial charge in [0.2, 0.25) is 0 Å². The van der Waals surface area contributed by atoms with Crippen LogP contribution >= 0.6 is 0 Å². The standard InChI is InChI=1S/C16H31NO3/c1-3-5-6-7-12-19-13-10-14-9-8-11-16(14,17)15(18)20-4-2/h14H,3-13,17H2,1-2H3. The van der Waals surface area contributed by atoms with Gasteiger partial charge >= 0.3 is 5.97 Å². The number of rotatable bonds is 10. The molecule has 0 aromatic rings. The second-order valence-corrected chi connectivity index (χ2v) is 5.81. The Morgan fingerprint density at radius 3 is 2.75 bits per heavy atom. The van der Waals surface area contributed by atoms with E-state index in [1.807, 2.05) is 6.92 Å². The largest absolute Gasteiger partial charge is 0.465 e. The summed E-state index contributed by atoms with van der Waals surface area (Å²) >= 11 is 0. The normalized spacial score (nSPS) is 25.9. The summed E-state index contributed by atoms with van der Waals surface area (Å²) in [6.45, 7) is 5.96. The van der Waals surface area contributed by atoms with Crippen molar-refractivity contribution in [1.29, 1.82) is 0 Å². The Hall–Kier alpha value is -0.610. The molecular formula is C16H31NO3. The predicted molar refractivity (Wildman–Crippen MR) is 80.5 cm³/mol. The van der Waals surface area contributed by atoms with Gasteiger partial charge in [0, 0.05) is 13.2 Å². The van der Waals surface area contributed by atoms with Crippen molar-refractivity contribution >= 4 is 5.97 Å². The number of esters is 1. The zero-order valence-electron chi connectivity index (χ0n) is 13.2. The maximum Gasteiger partial charge on any atom is 0.326 e. The van der Waals surface area contributed by atoms with Crippen molar-refractivity contribution in [2.75, 3.05) is 19.8 Å². The Morgan fingerprint density at radius 2 is 2.05 bits per heavy atom. The van der Waals surface area contributed by atoms with Gasteiger partial charge in [0.1, 0.15) is 5.54 Å². The molecule has 1 aliphatic carbocycles. The van der Waals surface area contributed by atoms with Crippen LogP contribution in [0.25, 0.3) is 0 Å². The lowest BCUT2D eigenvalue weighted by Crippen LogP contribution is -2.52. The Morgan fingerprint density at radius 1 is 1.25 bits per heavy atom. The summed E-state index contributed by atoms with van der Waals surface area (Å²) in [6.07, 6.45) is 8.52. The Labute approximate surface area is 123 Å². The van der Waals surface area contributed by atoms with E-state index < -0.39 is 5.54 Å². The molecule has 20 heavy (non-hydrogen) atoms. The lowest BCUT2D eigenvalue weighted by molar-refractivity contribution is -0.151. The molecule has 1 aliphatic rings. The molecule has 1 saturated carbocycles. The molecule has 4 nitrogen and oxygen atoms in total. The number of hydrogen-bond donors (Lipinski definition) is 1. The van der Waals surface area contributed by atoms with Gasteiger partial charge in [-0.25, -0.2) is 0 Å². The molecule has 1 rings (SSSR count). The number of hydrogen-bond acceptors (Lipinski definition) is 4. The number of ether oxygens (including phenoxy) is 2. The van der Waals surface area contributed by atoms with E-state index in [0.717, 1.165) is 38.7 Å². The van der Waals surface area contributed by atoms with E-state index in [1.54, 1.807) is 0 Å². The minimum Gasteiger partial charge on any atom is -0.465 e. The van der Waals surface area contributed by atoms with Crippen LogP contribution in [0.4, 0.5) is 0 Å². The van der Waals surface area contributed by atoms with E-state index in [-0.39, 0.29) is 11.9 Å². The molecule has 0 amide bonds. The molecule has 1 fully saturated rings. The molecule has 4 heteroatoms. The van der Waals surface area contributed by atoms with Crippen molar-refractivity contribution in [2.45, 2.75) is 70.8 Å². The quantitative estimate of drug-likeness (QED) is 0.495. The first-order valence-electron chi connectivity index (χ1n) is 8.19. The van der Waals surface area contributed by atoms with E-state index in [2.05, 4.69) is 6.92 Å². The summed E-state index contributed by atoms with van der Waals surface area (Å²) in [5.74, 6) is -0.0253. The predicted octanol–water partition coefficient (Wildman–Crippen LogP) is 3.03. The zero-order chi connectivity index (χ0) is 14.8. The Kier molecular flexibility index (Phi) is 8.15. The zero-order valence-corrected chi connectivity index (χ0v) is 13.2. The summed E-state index contributed by atoms with van der Waals surface area (Å²) in [5, 5.41) is 0. The number of nitrogens with two attached hydrogens (primary N) is 1. The molecular weight excluding hydrogens is 254 g/mol. The van der Waals surface area contributed by atoms with Crippen LogP contribution in [0.3, 0.4) is 0 Å². The molecule has 0 aliphatic heterocycles. The third-order valence-corrected chi connectivity index (χ3v) is 4.28. The molecule has 2 N–H and O–H groups in total. The highest BCUT2D eigenvalue weighted by atomic mass is 16.5. The highest BCUT2D eigenvalue weighted by molar-refractivity contribution is 5.81. The molecule has 0 heterocycles. The molecule has 118 valence electrons. The summed E-state index contributed by atoms with van der Waals surface area (Å²) in [4.78, 5) is 12.0. The number of unbranched alkanes of at least 4 members (excludes halogenated alkanes) is 3. The van der Waals surface area contributed by atoms with Gasteiger partial charge in [0.05, 0.1) is 6.61 Å². The maximum atomic E-state index is 12.0. The van der Waals surface area contributed by atoms with Crippen LogP contribution in [0, 0.1) is 5.92 Å². The second-order valence-electron chi connectivity index (χ2n) is 5.81. The third-order valence-electron chi connectivity index (χ3n) is 4.28. The fourth-order valence-corrected chi connectivity index (χ4v) is 3.00. The third kappa shape index (κ3) is 5.06. The average Bonchev–Trinajstić information content (AvgIpc) is 2.81. The van der Waals surface area contributed by atoms with E-state index in [4.69, 9.17) is 15.2 Å². The van der Waals surface area contributed by atoms with Crippen LogP contribution < -0.4 is 5.73 Å². The fraction of sp³-hybridized carbons (Fsp3) is 0.938. The first kappa shape index (κ1) is 17.4. The van der Waals surface area contributed by atoms with Crippen LogP contribution in [0.5, 0.6) is 0 Å². The second kappa shape index (κ2) is 9.35. The first-order chi connectivity index (χ1) is 9.65. The summed E-state index contributed by atoms with van der Waals surface area (Å²) in [5.41, 5.74) is 5.51. The van der Waals surface area contributed by atoms with Gasteiger partial charge in [0.15, 0.2) is 0 Å². The molecule has 0 aromatic heterocycles. The first-order valence-corrected chi connectivity index (χ1v) is 8.19. The van der Waals surface area contributed by atoms with Crippen molar-refractivity contribution in [3.05, 3.63) is 0 Å². The van der Waals surface area contributed by atoms with Crippen LogP contribution in [0.1, 0.15) is 65.2 Å². The molecule has 2 atom stereocenters. The van der Waals surface area contributed by atoms with Crippen molar-refractivity contribution in [2.24, 2.45) is 11.7 Å². The number of carbonyl (C=O) groups is 1. The molecule has 0 radical (unpaired) electrons. The van der Waals surface area contributed by atoms with E-state index in [1.165, 1.54) is 19.3 Å². The molecule has 0 bridgehead atoms. The minimum atomic E-state index is -0.776. The van der Waals surface area contributed by atoms with Crippen molar-refractivity contribution in [3.63, 3.8) is 0 Å². The van der Waals surface area contributed by atoms with Gasteiger partial charge in [-0.05, 0) is 38.5 Å². The van der Waals surface area contributed by atoms with Crippen molar-refractivity contribution in [3.8, 4) is 0 Å². The minimum absolute atomic E-state index is 0.206. The van der Waals surface area contributed by atoms with Gasteiger partial charge in [-0.1, -0.05) is 32.6 Å².